The van der Waals surface area contributed by atoms with Crippen LogP contribution in [-0.4, -0.2) is 21.0 Å². The smallest absolute Gasteiger partial charge is 0.307 e. The molecule has 0 unspecified atom stereocenters. The summed E-state index contributed by atoms with van der Waals surface area (Å²) >= 11 is 13.6. The fourth-order valence-corrected chi connectivity index (χ4v) is 3.92. The van der Waals surface area contributed by atoms with Crippen LogP contribution in [0.4, 0.5) is 11.5 Å². The van der Waals surface area contributed by atoms with Gasteiger partial charge < -0.3 is 10.4 Å². The second kappa shape index (κ2) is 8.82. The van der Waals surface area contributed by atoms with Crippen LogP contribution in [0.15, 0.2) is 52.5 Å². The van der Waals surface area contributed by atoms with Gasteiger partial charge in [-0.05, 0) is 60.5 Å². The normalized spacial score (nSPS) is 10.7. The minimum Gasteiger partial charge on any atom is -0.481 e. The Bertz CT molecular complexity index is 1040. The van der Waals surface area contributed by atoms with Crippen LogP contribution in [0.1, 0.15) is 16.7 Å². The summed E-state index contributed by atoms with van der Waals surface area (Å²) in [6.07, 6.45) is -0.0713. The van der Waals surface area contributed by atoms with Crippen LogP contribution in [0.25, 0.3) is 0 Å². The van der Waals surface area contributed by atoms with E-state index in [-0.39, 0.29) is 6.42 Å². The molecule has 8 heteroatoms. The highest BCUT2D eigenvalue weighted by Crippen LogP contribution is 2.32. The monoisotopic (exact) mass is 433 g/mol. The van der Waals surface area contributed by atoms with Crippen molar-refractivity contribution < 1.29 is 9.90 Å². The molecule has 144 valence electrons. The SMILES string of the molecule is Cc1c(Cl)ccc(Nc2cc(Cl)nc(Sc3ccccc3CC(=O)O)n2)c1C. The number of halogens is 2. The van der Waals surface area contributed by atoms with Crippen molar-refractivity contribution >= 4 is 52.4 Å². The van der Waals surface area contributed by atoms with Crippen molar-refractivity contribution in [3.8, 4) is 0 Å². The molecule has 0 radical (unpaired) electrons. The van der Waals surface area contributed by atoms with Gasteiger partial charge in [-0.15, -0.1) is 0 Å². The third kappa shape index (κ3) is 4.95. The fraction of sp³-hybridized carbons (Fsp3) is 0.150. The van der Waals surface area contributed by atoms with Crippen LogP contribution in [-0.2, 0) is 11.2 Å². The van der Waals surface area contributed by atoms with Crippen molar-refractivity contribution in [2.75, 3.05) is 5.32 Å². The predicted octanol–water partition coefficient (Wildman–Crippen LogP) is 5.92. The summed E-state index contributed by atoms with van der Waals surface area (Å²) < 4.78 is 0. The summed E-state index contributed by atoms with van der Waals surface area (Å²) in [5, 5.41) is 13.8. The van der Waals surface area contributed by atoms with Crippen molar-refractivity contribution in [3.05, 3.63) is 69.3 Å². The third-order valence-electron chi connectivity index (χ3n) is 4.17. The molecular weight excluding hydrogens is 417 g/mol. The van der Waals surface area contributed by atoms with Gasteiger partial charge in [-0.3, -0.25) is 4.79 Å². The Morgan fingerprint density at radius 2 is 1.86 bits per heavy atom. The molecule has 0 saturated heterocycles. The van der Waals surface area contributed by atoms with E-state index in [2.05, 4.69) is 15.3 Å². The number of carboxylic acids is 1. The average molecular weight is 434 g/mol. The maximum absolute atomic E-state index is 11.1. The minimum absolute atomic E-state index is 0.0713. The van der Waals surface area contributed by atoms with Crippen LogP contribution >= 0.6 is 35.0 Å². The van der Waals surface area contributed by atoms with Crippen molar-refractivity contribution in [1.82, 2.24) is 9.97 Å². The highest BCUT2D eigenvalue weighted by Gasteiger charge is 2.12. The van der Waals surface area contributed by atoms with Gasteiger partial charge >= 0.3 is 5.97 Å². The summed E-state index contributed by atoms with van der Waals surface area (Å²) in [7, 11) is 0. The molecule has 2 aromatic carbocycles. The molecule has 0 spiro atoms. The molecular formula is C20H17Cl2N3O2S. The van der Waals surface area contributed by atoms with E-state index in [4.69, 9.17) is 28.3 Å². The lowest BCUT2D eigenvalue weighted by Gasteiger charge is -2.13. The van der Waals surface area contributed by atoms with Crippen molar-refractivity contribution in [3.63, 3.8) is 0 Å². The topological polar surface area (TPSA) is 75.1 Å². The lowest BCUT2D eigenvalue weighted by Crippen LogP contribution is -2.02. The number of rotatable bonds is 6. The van der Waals surface area contributed by atoms with Crippen molar-refractivity contribution in [2.45, 2.75) is 30.3 Å². The van der Waals surface area contributed by atoms with E-state index in [1.807, 2.05) is 38.1 Å². The second-order valence-electron chi connectivity index (χ2n) is 6.11. The summed E-state index contributed by atoms with van der Waals surface area (Å²) in [4.78, 5) is 20.6. The van der Waals surface area contributed by atoms with E-state index in [0.717, 1.165) is 21.7 Å². The van der Waals surface area contributed by atoms with Crippen LogP contribution in [0.5, 0.6) is 0 Å². The summed E-state index contributed by atoms with van der Waals surface area (Å²) in [5.41, 5.74) is 3.58. The van der Waals surface area contributed by atoms with Gasteiger partial charge in [0.05, 0.1) is 6.42 Å². The first kappa shape index (κ1) is 20.5. The maximum Gasteiger partial charge on any atom is 0.307 e. The lowest BCUT2D eigenvalue weighted by molar-refractivity contribution is -0.136. The highest BCUT2D eigenvalue weighted by molar-refractivity contribution is 7.99. The highest BCUT2D eigenvalue weighted by atomic mass is 35.5. The Hall–Kier alpha value is -2.28. The molecule has 3 rings (SSSR count). The molecule has 2 N–H and O–H groups in total. The lowest BCUT2D eigenvalue weighted by atomic mass is 10.1. The van der Waals surface area contributed by atoms with Gasteiger partial charge in [-0.1, -0.05) is 41.4 Å². The van der Waals surface area contributed by atoms with E-state index in [0.29, 0.717) is 26.7 Å². The van der Waals surface area contributed by atoms with E-state index in [1.54, 1.807) is 18.2 Å². The van der Waals surface area contributed by atoms with Crippen LogP contribution < -0.4 is 5.32 Å². The number of benzene rings is 2. The Kier molecular flexibility index (Phi) is 6.44. The Morgan fingerprint density at radius 1 is 1.11 bits per heavy atom. The average Bonchev–Trinajstić information content (AvgIpc) is 2.63. The zero-order valence-electron chi connectivity index (χ0n) is 15.2. The second-order valence-corrected chi connectivity index (χ2v) is 7.91. The van der Waals surface area contributed by atoms with E-state index < -0.39 is 5.97 Å². The number of nitrogens with one attached hydrogen (secondary N) is 1. The molecule has 5 nitrogen and oxygen atoms in total. The van der Waals surface area contributed by atoms with Crippen LogP contribution in [0.2, 0.25) is 10.2 Å². The number of nitrogens with zero attached hydrogens (tertiary/aromatic N) is 2. The van der Waals surface area contributed by atoms with Gasteiger partial charge in [-0.2, -0.15) is 0 Å². The summed E-state index contributed by atoms with van der Waals surface area (Å²) in [5.74, 6) is -0.348. The third-order valence-corrected chi connectivity index (χ3v) is 5.76. The minimum atomic E-state index is -0.893. The number of carbonyl (C=O) groups is 1. The Balaban J connectivity index is 1.89. The molecule has 0 amide bonds. The first-order chi connectivity index (χ1) is 13.3. The van der Waals surface area contributed by atoms with Crippen LogP contribution in [0, 0.1) is 13.8 Å². The molecule has 3 aromatic rings. The molecule has 1 heterocycles. The van der Waals surface area contributed by atoms with Gasteiger partial charge in [0, 0.05) is 21.7 Å². The zero-order chi connectivity index (χ0) is 20.3. The number of hydrogen-bond donors (Lipinski definition) is 2. The Morgan fingerprint density at radius 3 is 2.61 bits per heavy atom. The maximum atomic E-state index is 11.1. The fourth-order valence-electron chi connectivity index (χ4n) is 2.58. The van der Waals surface area contributed by atoms with E-state index >= 15 is 0 Å². The summed E-state index contributed by atoms with van der Waals surface area (Å²) in [6, 6.07) is 12.6. The molecule has 0 aliphatic rings. The van der Waals surface area contributed by atoms with Crippen molar-refractivity contribution in [1.29, 1.82) is 0 Å². The van der Waals surface area contributed by atoms with Gasteiger partial charge in [0.2, 0.25) is 0 Å². The predicted molar refractivity (Wildman–Crippen MR) is 113 cm³/mol. The van der Waals surface area contributed by atoms with Crippen molar-refractivity contribution in [2.24, 2.45) is 0 Å². The molecule has 0 fully saturated rings. The standard InChI is InChI=1S/C20H17Cl2N3O2S/c1-11-12(2)15(8-7-14(11)21)23-18-10-17(22)24-20(25-18)28-16-6-4-3-5-13(16)9-19(26)27/h3-8,10H,9H2,1-2H3,(H,26,27)(H,23,24,25). The molecule has 0 aliphatic carbocycles. The number of anilines is 2. The van der Waals surface area contributed by atoms with Gasteiger partial charge in [-0.25, -0.2) is 9.97 Å². The molecule has 0 aliphatic heterocycles. The van der Waals surface area contributed by atoms with Gasteiger partial charge in [0.15, 0.2) is 5.16 Å². The molecule has 1 aromatic heterocycles. The first-order valence-electron chi connectivity index (χ1n) is 8.38. The van der Waals surface area contributed by atoms with E-state index in [1.165, 1.54) is 11.8 Å². The number of carboxylic acid groups (broad SMARTS) is 1. The van der Waals surface area contributed by atoms with E-state index in [9.17, 15) is 4.79 Å². The molecule has 0 atom stereocenters. The zero-order valence-corrected chi connectivity index (χ0v) is 17.5. The largest absolute Gasteiger partial charge is 0.481 e. The first-order valence-corrected chi connectivity index (χ1v) is 9.95. The van der Waals surface area contributed by atoms with Gasteiger partial charge in [0.1, 0.15) is 11.0 Å². The quantitative estimate of drug-likeness (QED) is 0.371. The molecule has 28 heavy (non-hydrogen) atoms. The van der Waals surface area contributed by atoms with Gasteiger partial charge in [0.25, 0.3) is 0 Å². The number of hydrogen-bond acceptors (Lipinski definition) is 5. The van der Waals surface area contributed by atoms with Crippen LogP contribution in [0.3, 0.4) is 0 Å². The summed E-state index contributed by atoms with van der Waals surface area (Å²) in [6.45, 7) is 3.93. The number of aromatic nitrogens is 2. The molecule has 0 bridgehead atoms. The molecule has 0 saturated carbocycles. The Labute approximate surface area is 177 Å². The number of aliphatic carboxylic acids is 1.